The van der Waals surface area contributed by atoms with Crippen molar-refractivity contribution in [3.63, 3.8) is 0 Å². The number of hydrogen-bond acceptors (Lipinski definition) is 6. The van der Waals surface area contributed by atoms with E-state index in [2.05, 4.69) is 15.6 Å². The van der Waals surface area contributed by atoms with E-state index in [0.29, 0.717) is 17.0 Å². The van der Waals surface area contributed by atoms with E-state index >= 15 is 0 Å². The van der Waals surface area contributed by atoms with Crippen LogP contribution in [-0.4, -0.2) is 26.3 Å². The molecule has 3 N–H and O–H groups in total. The number of nitrogens with one attached hydrogen (secondary N) is 3. The monoisotopic (exact) mass is 477 g/mol. The zero-order chi connectivity index (χ0) is 23.1. The lowest BCUT2D eigenvalue weighted by atomic mass is 10.1. The Bertz CT molecular complexity index is 1170. The van der Waals surface area contributed by atoms with Crippen molar-refractivity contribution < 1.29 is 27.1 Å². The van der Waals surface area contributed by atoms with Gasteiger partial charge in [0.25, 0.3) is 15.9 Å². The van der Waals surface area contributed by atoms with Crippen LogP contribution >= 0.6 is 11.3 Å². The quantitative estimate of drug-likeness (QED) is 0.432. The van der Waals surface area contributed by atoms with Crippen LogP contribution in [0.2, 0.25) is 0 Å². The number of anilines is 1. The van der Waals surface area contributed by atoms with Gasteiger partial charge in [0.15, 0.2) is 6.10 Å². The fourth-order valence-electron chi connectivity index (χ4n) is 2.55. The Hall–Kier alpha value is -3.44. The van der Waals surface area contributed by atoms with E-state index in [4.69, 9.17) is 4.74 Å². The maximum atomic E-state index is 12.9. The van der Waals surface area contributed by atoms with E-state index in [1.165, 1.54) is 37.3 Å². The molecule has 0 radical (unpaired) electrons. The number of benzene rings is 2. The number of amides is 2. The molecule has 0 bridgehead atoms. The summed E-state index contributed by atoms with van der Waals surface area (Å²) in [7, 11) is -3.65. The SMILES string of the molecule is CC(Oc1ccc(F)cc1)C(=O)NNC(=O)Cc1ccc(NS(=O)(=O)c2cccs2)cc1. The van der Waals surface area contributed by atoms with Gasteiger partial charge in [-0.25, -0.2) is 12.8 Å². The summed E-state index contributed by atoms with van der Waals surface area (Å²) in [6, 6.07) is 14.7. The molecule has 3 rings (SSSR count). The van der Waals surface area contributed by atoms with Gasteiger partial charge in [0.05, 0.1) is 6.42 Å². The smallest absolute Gasteiger partial charge is 0.279 e. The molecule has 2 aromatic carbocycles. The van der Waals surface area contributed by atoms with E-state index in [9.17, 15) is 22.4 Å². The molecule has 11 heteroatoms. The minimum atomic E-state index is -3.65. The first-order valence-electron chi connectivity index (χ1n) is 9.39. The van der Waals surface area contributed by atoms with Gasteiger partial charge in [-0.2, -0.15) is 0 Å². The van der Waals surface area contributed by atoms with Gasteiger partial charge >= 0.3 is 0 Å². The molecule has 1 atom stereocenters. The highest BCUT2D eigenvalue weighted by Gasteiger charge is 2.17. The van der Waals surface area contributed by atoms with Gasteiger partial charge in [0, 0.05) is 5.69 Å². The number of halogens is 1. The molecule has 3 aromatic rings. The molecule has 0 aliphatic carbocycles. The third kappa shape index (κ3) is 6.53. The van der Waals surface area contributed by atoms with Crippen LogP contribution in [0, 0.1) is 5.82 Å². The molecule has 8 nitrogen and oxygen atoms in total. The van der Waals surface area contributed by atoms with Crippen molar-refractivity contribution in [2.45, 2.75) is 23.7 Å². The number of carbonyl (C=O) groups is 2. The minimum absolute atomic E-state index is 0.0363. The Labute approximate surface area is 188 Å². The van der Waals surface area contributed by atoms with E-state index in [1.807, 2.05) is 0 Å². The van der Waals surface area contributed by atoms with Crippen LogP contribution in [0.15, 0.2) is 70.3 Å². The van der Waals surface area contributed by atoms with Gasteiger partial charge < -0.3 is 4.74 Å². The molecule has 0 aliphatic rings. The van der Waals surface area contributed by atoms with Crippen LogP contribution in [0.4, 0.5) is 10.1 Å². The first-order valence-corrected chi connectivity index (χ1v) is 11.8. The Morgan fingerprint density at radius 3 is 2.34 bits per heavy atom. The molecule has 32 heavy (non-hydrogen) atoms. The molecule has 2 amide bonds. The zero-order valence-corrected chi connectivity index (χ0v) is 18.5. The maximum absolute atomic E-state index is 12.9. The fraction of sp³-hybridized carbons (Fsp3) is 0.143. The summed E-state index contributed by atoms with van der Waals surface area (Å²) in [6.45, 7) is 1.49. The number of hydrogen-bond donors (Lipinski definition) is 3. The van der Waals surface area contributed by atoms with Crippen LogP contribution in [-0.2, 0) is 26.0 Å². The molecule has 168 valence electrons. The topological polar surface area (TPSA) is 114 Å². The summed E-state index contributed by atoms with van der Waals surface area (Å²) in [6.07, 6.45) is -0.956. The van der Waals surface area contributed by atoms with Crippen molar-refractivity contribution in [1.82, 2.24) is 10.9 Å². The lowest BCUT2D eigenvalue weighted by molar-refractivity contribution is -0.132. The predicted octanol–water partition coefficient (Wildman–Crippen LogP) is 2.85. The van der Waals surface area contributed by atoms with E-state index in [-0.39, 0.29) is 10.6 Å². The highest BCUT2D eigenvalue weighted by molar-refractivity contribution is 7.94. The van der Waals surface area contributed by atoms with Crippen molar-refractivity contribution in [3.05, 3.63) is 77.4 Å². The van der Waals surface area contributed by atoms with Crippen molar-refractivity contribution in [3.8, 4) is 5.75 Å². The second-order valence-electron chi connectivity index (χ2n) is 6.66. The number of sulfonamides is 1. The molecular weight excluding hydrogens is 457 g/mol. The molecule has 1 heterocycles. The van der Waals surface area contributed by atoms with Crippen LogP contribution < -0.4 is 20.3 Å². The van der Waals surface area contributed by atoms with E-state index < -0.39 is 33.8 Å². The van der Waals surface area contributed by atoms with Gasteiger partial charge in [-0.1, -0.05) is 18.2 Å². The van der Waals surface area contributed by atoms with Gasteiger partial charge in [-0.15, -0.1) is 11.3 Å². The summed E-state index contributed by atoms with van der Waals surface area (Å²) in [5.41, 5.74) is 5.53. The van der Waals surface area contributed by atoms with Gasteiger partial charge in [0.2, 0.25) is 5.91 Å². The van der Waals surface area contributed by atoms with Gasteiger partial charge in [-0.3, -0.25) is 25.2 Å². The van der Waals surface area contributed by atoms with Crippen molar-refractivity contribution >= 4 is 38.9 Å². The summed E-state index contributed by atoms with van der Waals surface area (Å²) in [4.78, 5) is 24.1. The van der Waals surface area contributed by atoms with Crippen LogP contribution in [0.3, 0.4) is 0 Å². The molecule has 0 spiro atoms. The summed E-state index contributed by atoms with van der Waals surface area (Å²) in [5.74, 6) is -1.16. The first-order chi connectivity index (χ1) is 15.2. The molecule has 0 aliphatic heterocycles. The third-order valence-corrected chi connectivity index (χ3v) is 6.93. The zero-order valence-electron chi connectivity index (χ0n) is 16.9. The average Bonchev–Trinajstić information content (AvgIpc) is 3.31. The Morgan fingerprint density at radius 2 is 1.72 bits per heavy atom. The summed E-state index contributed by atoms with van der Waals surface area (Å²) >= 11 is 1.11. The third-order valence-electron chi connectivity index (χ3n) is 4.15. The normalized spacial score (nSPS) is 11.9. The van der Waals surface area contributed by atoms with Crippen molar-refractivity contribution in [1.29, 1.82) is 0 Å². The molecule has 1 aromatic heterocycles. The average molecular weight is 478 g/mol. The fourth-order valence-corrected chi connectivity index (χ4v) is 4.60. The highest BCUT2D eigenvalue weighted by atomic mass is 32.2. The lowest BCUT2D eigenvalue weighted by Crippen LogP contribution is -2.47. The van der Waals surface area contributed by atoms with Gasteiger partial charge in [-0.05, 0) is 60.3 Å². The standard InChI is InChI=1S/C21H20FN3O5S2/c1-14(30-18-10-6-16(22)7-11-18)21(27)24-23-19(26)13-15-4-8-17(9-5-15)25-32(28,29)20-3-2-12-31-20/h2-12,14,25H,13H2,1H3,(H,23,26)(H,24,27). The first kappa shape index (κ1) is 23.2. The van der Waals surface area contributed by atoms with E-state index in [1.54, 1.807) is 35.7 Å². The van der Waals surface area contributed by atoms with Crippen LogP contribution in [0.25, 0.3) is 0 Å². The summed E-state index contributed by atoms with van der Waals surface area (Å²) < 4.78 is 45.4. The number of ether oxygens (including phenoxy) is 1. The highest BCUT2D eigenvalue weighted by Crippen LogP contribution is 2.20. The van der Waals surface area contributed by atoms with E-state index in [0.717, 1.165) is 11.3 Å². The van der Waals surface area contributed by atoms with Crippen LogP contribution in [0.5, 0.6) is 5.75 Å². The minimum Gasteiger partial charge on any atom is -0.481 e. The second kappa shape index (κ2) is 10.2. The number of hydrazine groups is 1. The predicted molar refractivity (Wildman–Crippen MR) is 118 cm³/mol. The largest absolute Gasteiger partial charge is 0.481 e. The van der Waals surface area contributed by atoms with Crippen LogP contribution in [0.1, 0.15) is 12.5 Å². The number of rotatable bonds is 8. The molecular formula is C21H20FN3O5S2. The molecule has 0 fully saturated rings. The molecule has 0 saturated heterocycles. The summed E-state index contributed by atoms with van der Waals surface area (Å²) in [5, 5.41) is 1.67. The molecule has 0 saturated carbocycles. The Balaban J connectivity index is 1.46. The lowest BCUT2D eigenvalue weighted by Gasteiger charge is -2.15. The maximum Gasteiger partial charge on any atom is 0.279 e. The van der Waals surface area contributed by atoms with Gasteiger partial charge in [0.1, 0.15) is 15.8 Å². The second-order valence-corrected chi connectivity index (χ2v) is 9.52. The Kier molecular flexibility index (Phi) is 7.44. The van der Waals surface area contributed by atoms with Crippen molar-refractivity contribution in [2.24, 2.45) is 0 Å². The van der Waals surface area contributed by atoms with Crippen molar-refractivity contribution in [2.75, 3.05) is 4.72 Å². The number of carbonyl (C=O) groups excluding carboxylic acids is 2. The Morgan fingerprint density at radius 1 is 1.03 bits per heavy atom. The molecule has 1 unspecified atom stereocenters. The number of thiophene rings is 1.